The van der Waals surface area contributed by atoms with Gasteiger partial charge in [0.15, 0.2) is 12.2 Å². The molecule has 124 valence electrons. The summed E-state index contributed by atoms with van der Waals surface area (Å²) in [6.07, 6.45) is 2.29. The SMILES string of the molecule is Cn1c(C(=O)OCC(=O)NCCc2ccccc2)cc2occc21. The summed E-state index contributed by atoms with van der Waals surface area (Å²) in [5, 5.41) is 2.73. The molecule has 0 bridgehead atoms. The molecule has 24 heavy (non-hydrogen) atoms. The zero-order valence-corrected chi connectivity index (χ0v) is 13.3. The Balaban J connectivity index is 1.46. The monoisotopic (exact) mass is 326 g/mol. The number of hydrogen-bond donors (Lipinski definition) is 1. The van der Waals surface area contributed by atoms with Crippen LogP contribution in [0.2, 0.25) is 0 Å². The van der Waals surface area contributed by atoms with Crippen LogP contribution in [-0.2, 0) is 23.0 Å². The van der Waals surface area contributed by atoms with Gasteiger partial charge in [-0.3, -0.25) is 4.79 Å². The van der Waals surface area contributed by atoms with E-state index in [4.69, 9.17) is 9.15 Å². The van der Waals surface area contributed by atoms with Crippen LogP contribution in [0.15, 0.2) is 53.1 Å². The highest BCUT2D eigenvalue weighted by atomic mass is 16.5. The van der Waals surface area contributed by atoms with E-state index in [0.717, 1.165) is 17.5 Å². The number of carbonyl (C=O) groups is 2. The van der Waals surface area contributed by atoms with Gasteiger partial charge >= 0.3 is 5.97 Å². The Kier molecular flexibility index (Phi) is 4.65. The molecule has 0 aliphatic heterocycles. The minimum Gasteiger partial charge on any atom is -0.463 e. The molecule has 0 fully saturated rings. The third kappa shape index (κ3) is 3.48. The van der Waals surface area contributed by atoms with Gasteiger partial charge in [0.25, 0.3) is 5.91 Å². The standard InChI is InChI=1S/C18H18N2O4/c1-20-14-8-10-23-16(14)11-15(20)18(22)24-12-17(21)19-9-7-13-5-3-2-4-6-13/h2-6,8,10-11H,7,9,12H2,1H3,(H,19,21). The lowest BCUT2D eigenvalue weighted by molar-refractivity contribution is -0.124. The van der Waals surface area contributed by atoms with Crippen molar-refractivity contribution >= 4 is 23.0 Å². The molecule has 1 aromatic carbocycles. The number of nitrogens with zero attached hydrogens (tertiary/aromatic N) is 1. The molecule has 0 aliphatic rings. The highest BCUT2D eigenvalue weighted by molar-refractivity contribution is 5.95. The normalized spacial score (nSPS) is 10.7. The first-order valence-corrected chi connectivity index (χ1v) is 7.66. The first-order valence-electron chi connectivity index (χ1n) is 7.66. The summed E-state index contributed by atoms with van der Waals surface area (Å²) in [7, 11) is 1.74. The summed E-state index contributed by atoms with van der Waals surface area (Å²) in [4.78, 5) is 23.8. The van der Waals surface area contributed by atoms with Crippen LogP contribution in [0.3, 0.4) is 0 Å². The third-order valence-electron chi connectivity index (χ3n) is 3.79. The maximum absolute atomic E-state index is 12.1. The van der Waals surface area contributed by atoms with Crippen LogP contribution < -0.4 is 5.32 Å². The molecular formula is C18H18N2O4. The van der Waals surface area contributed by atoms with Gasteiger partial charge in [0.1, 0.15) is 5.69 Å². The van der Waals surface area contributed by atoms with Crippen molar-refractivity contribution in [3.05, 3.63) is 60.0 Å². The van der Waals surface area contributed by atoms with Gasteiger partial charge in [0.05, 0.1) is 11.8 Å². The number of benzene rings is 1. The Hall–Kier alpha value is -3.02. The number of carbonyl (C=O) groups excluding carboxylic acids is 2. The molecule has 2 heterocycles. The van der Waals surface area contributed by atoms with E-state index in [1.165, 1.54) is 0 Å². The summed E-state index contributed by atoms with van der Waals surface area (Å²) in [5.74, 6) is -0.876. The Morgan fingerprint density at radius 1 is 1.21 bits per heavy atom. The fraction of sp³-hybridized carbons (Fsp3) is 0.222. The summed E-state index contributed by atoms with van der Waals surface area (Å²) in [5.41, 5.74) is 2.90. The lowest BCUT2D eigenvalue weighted by atomic mass is 10.1. The first kappa shape index (κ1) is 15.9. The van der Waals surface area contributed by atoms with Crippen molar-refractivity contribution in [3.8, 4) is 0 Å². The second kappa shape index (κ2) is 7.04. The van der Waals surface area contributed by atoms with Gasteiger partial charge in [-0.05, 0) is 12.0 Å². The molecule has 3 rings (SSSR count). The molecule has 1 N–H and O–H groups in total. The quantitative estimate of drug-likeness (QED) is 0.705. The molecule has 6 heteroatoms. The number of nitrogens with one attached hydrogen (secondary N) is 1. The zero-order valence-electron chi connectivity index (χ0n) is 13.3. The molecule has 0 unspecified atom stereocenters. The second-order valence-corrected chi connectivity index (χ2v) is 5.42. The lowest BCUT2D eigenvalue weighted by Gasteiger charge is -2.07. The minimum atomic E-state index is -0.554. The van der Waals surface area contributed by atoms with Gasteiger partial charge < -0.3 is 19.0 Å². The Morgan fingerprint density at radius 2 is 2.00 bits per heavy atom. The van der Waals surface area contributed by atoms with E-state index >= 15 is 0 Å². The molecule has 3 aromatic rings. The van der Waals surface area contributed by atoms with Crippen LogP contribution in [-0.4, -0.2) is 29.6 Å². The fourth-order valence-electron chi connectivity index (χ4n) is 2.49. The average molecular weight is 326 g/mol. The van der Waals surface area contributed by atoms with Gasteiger partial charge in [-0.25, -0.2) is 4.79 Å². The van der Waals surface area contributed by atoms with Crippen molar-refractivity contribution in [2.45, 2.75) is 6.42 Å². The van der Waals surface area contributed by atoms with E-state index in [9.17, 15) is 9.59 Å². The molecule has 0 radical (unpaired) electrons. The average Bonchev–Trinajstić information content (AvgIpc) is 3.17. The number of esters is 1. The zero-order chi connectivity index (χ0) is 16.9. The van der Waals surface area contributed by atoms with Crippen molar-refractivity contribution < 1.29 is 18.7 Å². The number of aryl methyl sites for hydroxylation is 1. The smallest absolute Gasteiger partial charge is 0.355 e. The van der Waals surface area contributed by atoms with Crippen LogP contribution in [0.1, 0.15) is 16.1 Å². The van der Waals surface area contributed by atoms with Gasteiger partial charge in [-0.15, -0.1) is 0 Å². The second-order valence-electron chi connectivity index (χ2n) is 5.42. The van der Waals surface area contributed by atoms with Crippen molar-refractivity contribution in [1.82, 2.24) is 9.88 Å². The van der Waals surface area contributed by atoms with Gasteiger partial charge in [-0.1, -0.05) is 30.3 Å². The van der Waals surface area contributed by atoms with Crippen LogP contribution in [0.5, 0.6) is 0 Å². The van der Waals surface area contributed by atoms with E-state index in [0.29, 0.717) is 17.8 Å². The van der Waals surface area contributed by atoms with Crippen molar-refractivity contribution in [1.29, 1.82) is 0 Å². The van der Waals surface area contributed by atoms with E-state index < -0.39 is 5.97 Å². The Labute approximate surface area is 139 Å². The predicted octanol–water partition coefficient (Wildman–Crippen LogP) is 2.29. The van der Waals surface area contributed by atoms with Crippen molar-refractivity contribution in [3.63, 3.8) is 0 Å². The highest BCUT2D eigenvalue weighted by Gasteiger charge is 2.17. The van der Waals surface area contributed by atoms with E-state index in [1.54, 1.807) is 30.0 Å². The molecule has 0 spiro atoms. The highest BCUT2D eigenvalue weighted by Crippen LogP contribution is 2.20. The van der Waals surface area contributed by atoms with E-state index in [2.05, 4.69) is 5.32 Å². The third-order valence-corrected chi connectivity index (χ3v) is 3.79. The molecular weight excluding hydrogens is 308 g/mol. The summed E-state index contributed by atoms with van der Waals surface area (Å²) < 4.78 is 12.0. The summed E-state index contributed by atoms with van der Waals surface area (Å²) in [6.45, 7) is 0.192. The van der Waals surface area contributed by atoms with Gasteiger partial charge in [0.2, 0.25) is 0 Å². The van der Waals surface area contributed by atoms with Crippen LogP contribution in [0, 0.1) is 0 Å². The maximum atomic E-state index is 12.1. The number of aromatic nitrogens is 1. The first-order chi connectivity index (χ1) is 11.6. The summed E-state index contributed by atoms with van der Waals surface area (Å²) >= 11 is 0. The fourth-order valence-corrected chi connectivity index (χ4v) is 2.49. The Morgan fingerprint density at radius 3 is 2.75 bits per heavy atom. The predicted molar refractivity (Wildman–Crippen MR) is 88.6 cm³/mol. The molecule has 2 aromatic heterocycles. The number of fused-ring (bicyclic) bond motifs is 1. The van der Waals surface area contributed by atoms with Gasteiger partial charge in [-0.2, -0.15) is 0 Å². The topological polar surface area (TPSA) is 73.5 Å². The number of rotatable bonds is 6. The number of hydrogen-bond acceptors (Lipinski definition) is 4. The largest absolute Gasteiger partial charge is 0.463 e. The van der Waals surface area contributed by atoms with E-state index in [1.807, 2.05) is 30.3 Å². The molecule has 6 nitrogen and oxygen atoms in total. The number of furan rings is 1. The summed E-state index contributed by atoms with van der Waals surface area (Å²) in [6, 6.07) is 13.2. The molecule has 0 aliphatic carbocycles. The van der Waals surface area contributed by atoms with Crippen LogP contribution in [0.4, 0.5) is 0 Å². The minimum absolute atomic E-state index is 0.305. The lowest BCUT2D eigenvalue weighted by Crippen LogP contribution is -2.30. The van der Waals surface area contributed by atoms with Crippen LogP contribution >= 0.6 is 0 Å². The van der Waals surface area contributed by atoms with Gasteiger partial charge in [0, 0.05) is 25.7 Å². The van der Waals surface area contributed by atoms with E-state index in [-0.39, 0.29) is 12.5 Å². The number of amides is 1. The van der Waals surface area contributed by atoms with Crippen molar-refractivity contribution in [2.24, 2.45) is 7.05 Å². The van der Waals surface area contributed by atoms with Crippen LogP contribution in [0.25, 0.3) is 11.1 Å². The molecule has 0 atom stereocenters. The maximum Gasteiger partial charge on any atom is 0.355 e. The van der Waals surface area contributed by atoms with Crippen molar-refractivity contribution in [2.75, 3.05) is 13.2 Å². The number of ether oxygens (including phenoxy) is 1. The molecule has 1 amide bonds. The Bertz CT molecular complexity index is 848. The molecule has 0 saturated carbocycles. The molecule has 0 saturated heterocycles.